The third kappa shape index (κ3) is 2.99. The van der Waals surface area contributed by atoms with E-state index in [9.17, 15) is 4.79 Å². The molecule has 0 heterocycles. The molecule has 4 nitrogen and oxygen atoms in total. The lowest BCUT2D eigenvalue weighted by Gasteiger charge is -2.27. The maximum absolute atomic E-state index is 12.5. The van der Waals surface area contributed by atoms with E-state index in [0.717, 1.165) is 38.6 Å². The summed E-state index contributed by atoms with van der Waals surface area (Å²) in [6, 6.07) is 0.483. The number of rotatable bonds is 6. The average molecular weight is 240 g/mol. The number of nitrogens with zero attached hydrogens (tertiary/aromatic N) is 1. The summed E-state index contributed by atoms with van der Waals surface area (Å²) in [7, 11) is 1.69. The summed E-state index contributed by atoms with van der Waals surface area (Å²) in [5.41, 5.74) is 5.76. The summed E-state index contributed by atoms with van der Waals surface area (Å²) < 4.78 is 5.10. The van der Waals surface area contributed by atoms with Crippen LogP contribution in [0.25, 0.3) is 0 Å². The van der Waals surface area contributed by atoms with Gasteiger partial charge in [0.05, 0.1) is 6.61 Å². The smallest absolute Gasteiger partial charge is 0.226 e. The van der Waals surface area contributed by atoms with Crippen LogP contribution in [0.4, 0.5) is 0 Å². The summed E-state index contributed by atoms with van der Waals surface area (Å²) in [6.45, 7) is 2.04. The van der Waals surface area contributed by atoms with Crippen LogP contribution in [0.1, 0.15) is 32.1 Å². The van der Waals surface area contributed by atoms with Gasteiger partial charge in [0, 0.05) is 25.6 Å². The lowest BCUT2D eigenvalue weighted by molar-refractivity contribution is -0.137. The van der Waals surface area contributed by atoms with Gasteiger partial charge in [-0.2, -0.15) is 0 Å². The zero-order valence-electron chi connectivity index (χ0n) is 10.7. The van der Waals surface area contributed by atoms with Gasteiger partial charge < -0.3 is 15.4 Å². The second kappa shape index (κ2) is 5.83. The Morgan fingerprint density at radius 2 is 2.12 bits per heavy atom. The van der Waals surface area contributed by atoms with E-state index in [1.165, 1.54) is 0 Å². The molecule has 0 saturated heterocycles. The molecular weight excluding hydrogens is 216 g/mol. The van der Waals surface area contributed by atoms with E-state index in [1.807, 2.05) is 4.90 Å². The van der Waals surface area contributed by atoms with Gasteiger partial charge in [-0.05, 0) is 38.1 Å². The molecule has 0 spiro atoms. The number of amides is 1. The lowest BCUT2D eigenvalue weighted by atomic mass is 9.94. The first-order valence-corrected chi connectivity index (χ1v) is 6.77. The summed E-state index contributed by atoms with van der Waals surface area (Å²) in [5, 5.41) is 0. The second-order valence-electron chi connectivity index (χ2n) is 5.29. The number of carbonyl (C=O) groups is 1. The van der Waals surface area contributed by atoms with Crippen LogP contribution in [0.5, 0.6) is 0 Å². The largest absolute Gasteiger partial charge is 0.383 e. The van der Waals surface area contributed by atoms with Crippen molar-refractivity contribution in [2.24, 2.45) is 17.6 Å². The molecule has 2 aliphatic rings. The monoisotopic (exact) mass is 240 g/mol. The molecule has 2 unspecified atom stereocenters. The molecular formula is C13H24N2O2. The van der Waals surface area contributed by atoms with Gasteiger partial charge in [0.1, 0.15) is 0 Å². The first-order chi connectivity index (χ1) is 8.27. The summed E-state index contributed by atoms with van der Waals surface area (Å²) in [6.07, 6.45) is 5.62. The Morgan fingerprint density at radius 1 is 1.35 bits per heavy atom. The van der Waals surface area contributed by atoms with E-state index >= 15 is 0 Å². The SMILES string of the molecule is COCCN(C(=O)C1CCCC1CN)C1CC1. The molecule has 17 heavy (non-hydrogen) atoms. The van der Waals surface area contributed by atoms with E-state index in [4.69, 9.17) is 10.5 Å². The highest BCUT2D eigenvalue weighted by atomic mass is 16.5. The Balaban J connectivity index is 1.95. The van der Waals surface area contributed by atoms with Crippen LogP contribution in [0.15, 0.2) is 0 Å². The van der Waals surface area contributed by atoms with Gasteiger partial charge in [-0.25, -0.2) is 0 Å². The van der Waals surface area contributed by atoms with E-state index in [1.54, 1.807) is 7.11 Å². The van der Waals surface area contributed by atoms with Crippen LogP contribution in [0.3, 0.4) is 0 Å². The molecule has 2 rings (SSSR count). The van der Waals surface area contributed by atoms with Crippen molar-refractivity contribution in [2.75, 3.05) is 26.8 Å². The number of ether oxygens (including phenoxy) is 1. The zero-order valence-corrected chi connectivity index (χ0v) is 10.7. The normalized spacial score (nSPS) is 28.4. The number of carbonyl (C=O) groups excluding carboxylic acids is 1. The van der Waals surface area contributed by atoms with Gasteiger partial charge >= 0.3 is 0 Å². The molecule has 4 heteroatoms. The van der Waals surface area contributed by atoms with Crippen molar-refractivity contribution < 1.29 is 9.53 Å². The van der Waals surface area contributed by atoms with Crippen molar-refractivity contribution in [1.29, 1.82) is 0 Å². The van der Waals surface area contributed by atoms with E-state index in [2.05, 4.69) is 0 Å². The van der Waals surface area contributed by atoms with Gasteiger partial charge in [0.15, 0.2) is 0 Å². The van der Waals surface area contributed by atoms with Crippen molar-refractivity contribution in [3.8, 4) is 0 Å². The topological polar surface area (TPSA) is 55.6 Å². The highest BCUT2D eigenvalue weighted by molar-refractivity contribution is 5.80. The van der Waals surface area contributed by atoms with Crippen molar-refractivity contribution in [1.82, 2.24) is 4.90 Å². The maximum atomic E-state index is 12.5. The van der Waals surface area contributed by atoms with Crippen LogP contribution < -0.4 is 5.73 Å². The summed E-state index contributed by atoms with van der Waals surface area (Å²) >= 11 is 0. The lowest BCUT2D eigenvalue weighted by Crippen LogP contribution is -2.42. The van der Waals surface area contributed by atoms with Crippen LogP contribution >= 0.6 is 0 Å². The minimum Gasteiger partial charge on any atom is -0.383 e. The van der Waals surface area contributed by atoms with Gasteiger partial charge in [0.2, 0.25) is 5.91 Å². The molecule has 1 amide bonds. The van der Waals surface area contributed by atoms with Gasteiger partial charge in [0.25, 0.3) is 0 Å². The minimum atomic E-state index is 0.178. The van der Waals surface area contributed by atoms with E-state index in [-0.39, 0.29) is 5.92 Å². The Kier molecular flexibility index (Phi) is 4.40. The first-order valence-electron chi connectivity index (χ1n) is 6.77. The van der Waals surface area contributed by atoms with Crippen molar-refractivity contribution in [3.05, 3.63) is 0 Å². The van der Waals surface area contributed by atoms with Gasteiger partial charge in [-0.3, -0.25) is 4.79 Å². The average Bonchev–Trinajstić information content (AvgIpc) is 3.06. The minimum absolute atomic E-state index is 0.178. The van der Waals surface area contributed by atoms with Crippen LogP contribution in [0.2, 0.25) is 0 Å². The zero-order chi connectivity index (χ0) is 12.3. The molecule has 0 aromatic heterocycles. The van der Waals surface area contributed by atoms with Gasteiger partial charge in [-0.15, -0.1) is 0 Å². The molecule has 0 aliphatic heterocycles. The standard InChI is InChI=1S/C13H24N2O2/c1-17-8-7-15(11-5-6-11)13(16)12-4-2-3-10(12)9-14/h10-12H,2-9,14H2,1H3. The van der Waals surface area contributed by atoms with E-state index < -0.39 is 0 Å². The van der Waals surface area contributed by atoms with Crippen LogP contribution in [-0.4, -0.2) is 43.7 Å². The van der Waals surface area contributed by atoms with Crippen LogP contribution in [-0.2, 0) is 9.53 Å². The summed E-state index contributed by atoms with van der Waals surface area (Å²) in [4.78, 5) is 14.6. The molecule has 98 valence electrons. The molecule has 0 aromatic carbocycles. The Labute approximate surface area is 103 Å². The quantitative estimate of drug-likeness (QED) is 0.753. The fourth-order valence-electron chi connectivity index (χ4n) is 2.91. The number of nitrogens with two attached hydrogens (primary N) is 1. The highest BCUT2D eigenvalue weighted by Crippen LogP contribution is 2.35. The Bertz CT molecular complexity index is 266. The molecule has 0 bridgehead atoms. The summed E-state index contributed by atoms with van der Waals surface area (Å²) in [5.74, 6) is 0.918. The predicted octanol–water partition coefficient (Wildman–Crippen LogP) is 0.999. The van der Waals surface area contributed by atoms with Crippen molar-refractivity contribution in [2.45, 2.75) is 38.1 Å². The fourth-order valence-corrected chi connectivity index (χ4v) is 2.91. The predicted molar refractivity (Wildman–Crippen MR) is 66.5 cm³/mol. The second-order valence-corrected chi connectivity index (χ2v) is 5.29. The highest BCUT2D eigenvalue weighted by Gasteiger charge is 2.39. The maximum Gasteiger partial charge on any atom is 0.226 e. The number of hydrogen-bond donors (Lipinski definition) is 1. The molecule has 2 atom stereocenters. The third-order valence-corrected chi connectivity index (χ3v) is 4.09. The fraction of sp³-hybridized carbons (Fsp3) is 0.923. The molecule has 2 aliphatic carbocycles. The molecule has 0 aromatic rings. The van der Waals surface area contributed by atoms with Crippen LogP contribution in [0, 0.1) is 11.8 Å². The van der Waals surface area contributed by atoms with Crippen molar-refractivity contribution in [3.63, 3.8) is 0 Å². The Morgan fingerprint density at radius 3 is 2.71 bits per heavy atom. The molecule has 0 radical (unpaired) electrons. The molecule has 2 saturated carbocycles. The Hall–Kier alpha value is -0.610. The number of hydrogen-bond acceptors (Lipinski definition) is 3. The van der Waals surface area contributed by atoms with Crippen molar-refractivity contribution >= 4 is 5.91 Å². The molecule has 2 N–H and O–H groups in total. The molecule has 2 fully saturated rings. The number of methoxy groups -OCH3 is 1. The van der Waals surface area contributed by atoms with E-state index in [0.29, 0.717) is 31.0 Å². The first kappa shape index (κ1) is 12.8. The third-order valence-electron chi connectivity index (χ3n) is 4.09. The van der Waals surface area contributed by atoms with Gasteiger partial charge in [-0.1, -0.05) is 6.42 Å².